The lowest BCUT2D eigenvalue weighted by atomic mass is 10.2. The van der Waals surface area contributed by atoms with Gasteiger partial charge < -0.3 is 9.84 Å². The normalized spacial score (nSPS) is 11.6. The molecule has 1 aromatic rings. The van der Waals surface area contributed by atoms with Gasteiger partial charge in [0.25, 0.3) is 10.0 Å². The topological polar surface area (TPSA) is 106 Å². The highest BCUT2D eigenvalue weighted by molar-refractivity contribution is 7.91. The van der Waals surface area contributed by atoms with Crippen LogP contribution >= 0.6 is 11.3 Å². The van der Waals surface area contributed by atoms with Crippen molar-refractivity contribution < 1.29 is 23.1 Å². The molecule has 0 saturated carbocycles. The van der Waals surface area contributed by atoms with Crippen LogP contribution in [0.3, 0.4) is 0 Å². The molecule has 0 aromatic carbocycles. The van der Waals surface area contributed by atoms with E-state index < -0.39 is 21.7 Å². The van der Waals surface area contributed by atoms with Crippen LogP contribution in [-0.4, -0.2) is 44.7 Å². The van der Waals surface area contributed by atoms with Crippen molar-refractivity contribution in [2.45, 2.75) is 23.5 Å². The Morgan fingerprint density at radius 3 is 2.84 bits per heavy atom. The quantitative estimate of drug-likeness (QED) is 0.658. The number of nitrogens with one attached hydrogen (secondary N) is 1. The van der Waals surface area contributed by atoms with E-state index in [1.54, 1.807) is 7.11 Å². The summed E-state index contributed by atoms with van der Waals surface area (Å²) in [5.41, 5.74) is 0.772. The van der Waals surface area contributed by atoms with Gasteiger partial charge in [0.05, 0.1) is 5.51 Å². The number of carbonyl (C=O) groups is 1. The highest BCUT2D eigenvalue weighted by Gasteiger charge is 2.24. The van der Waals surface area contributed by atoms with Crippen LogP contribution < -0.4 is 4.72 Å². The lowest BCUT2D eigenvalue weighted by Crippen LogP contribution is -2.25. The molecule has 0 aliphatic rings. The summed E-state index contributed by atoms with van der Waals surface area (Å²) in [6.07, 6.45) is 2.37. The van der Waals surface area contributed by atoms with Crippen LogP contribution in [-0.2, 0) is 14.8 Å². The van der Waals surface area contributed by atoms with E-state index in [0.29, 0.717) is 13.0 Å². The van der Waals surface area contributed by atoms with Gasteiger partial charge in [0.2, 0.25) is 0 Å². The molecule has 0 amide bonds. The summed E-state index contributed by atoms with van der Waals surface area (Å²) < 4.78 is 30.8. The average Bonchev–Trinajstić information content (AvgIpc) is 2.83. The van der Waals surface area contributed by atoms with Crippen molar-refractivity contribution in [1.82, 2.24) is 9.71 Å². The lowest BCUT2D eigenvalue weighted by Gasteiger charge is -2.05. The Hall–Kier alpha value is -1.03. The molecule has 0 fully saturated rings. The lowest BCUT2D eigenvalue weighted by molar-refractivity contribution is 0.0687. The van der Waals surface area contributed by atoms with Gasteiger partial charge in [-0.15, -0.1) is 11.3 Å². The smallest absolute Gasteiger partial charge is 0.356 e. The van der Waals surface area contributed by atoms with Gasteiger partial charge in [-0.3, -0.25) is 0 Å². The van der Waals surface area contributed by atoms with Crippen LogP contribution in [0.15, 0.2) is 9.72 Å². The molecule has 19 heavy (non-hydrogen) atoms. The molecule has 1 rings (SSSR count). The molecule has 0 unspecified atom stereocenters. The predicted octanol–water partition coefficient (Wildman–Crippen LogP) is 0.936. The van der Waals surface area contributed by atoms with E-state index in [4.69, 9.17) is 9.84 Å². The first-order valence-electron chi connectivity index (χ1n) is 5.64. The first-order valence-corrected chi connectivity index (χ1v) is 8.00. The Morgan fingerprint density at radius 1 is 1.47 bits per heavy atom. The summed E-state index contributed by atoms with van der Waals surface area (Å²) in [6, 6.07) is 0. The van der Waals surface area contributed by atoms with Crippen molar-refractivity contribution in [3.8, 4) is 0 Å². The Kier molecular flexibility index (Phi) is 6.35. The number of nitrogens with zero attached hydrogens (tertiary/aromatic N) is 1. The Morgan fingerprint density at radius 2 is 2.21 bits per heavy atom. The third-order valence-corrected chi connectivity index (χ3v) is 5.13. The second kappa shape index (κ2) is 7.53. The fourth-order valence-electron chi connectivity index (χ4n) is 1.39. The SMILES string of the molecule is COCCCCCNS(=O)(=O)c1scnc1C(=O)O. The van der Waals surface area contributed by atoms with Crippen molar-refractivity contribution in [2.75, 3.05) is 20.3 Å². The maximum Gasteiger partial charge on any atom is 0.356 e. The zero-order valence-electron chi connectivity index (χ0n) is 10.5. The number of aromatic carboxylic acids is 1. The highest BCUT2D eigenvalue weighted by atomic mass is 32.2. The largest absolute Gasteiger partial charge is 0.476 e. The molecule has 9 heteroatoms. The first-order chi connectivity index (χ1) is 8.99. The minimum Gasteiger partial charge on any atom is -0.476 e. The van der Waals surface area contributed by atoms with Crippen LogP contribution in [0.4, 0.5) is 0 Å². The second-order valence-corrected chi connectivity index (χ2v) is 6.56. The maximum absolute atomic E-state index is 11.9. The molecule has 0 aliphatic heterocycles. The van der Waals surface area contributed by atoms with Crippen LogP contribution in [0.2, 0.25) is 0 Å². The average molecular weight is 308 g/mol. The summed E-state index contributed by atoms with van der Waals surface area (Å²) >= 11 is 0.794. The third-order valence-electron chi connectivity index (χ3n) is 2.30. The number of carboxylic acid groups (broad SMARTS) is 1. The van der Waals surface area contributed by atoms with Crippen molar-refractivity contribution in [3.63, 3.8) is 0 Å². The zero-order chi connectivity index (χ0) is 14.3. The summed E-state index contributed by atoms with van der Waals surface area (Å²) in [6.45, 7) is 0.910. The van der Waals surface area contributed by atoms with Gasteiger partial charge >= 0.3 is 5.97 Å². The van der Waals surface area contributed by atoms with E-state index in [9.17, 15) is 13.2 Å². The van der Waals surface area contributed by atoms with Gasteiger partial charge in [-0.1, -0.05) is 0 Å². The van der Waals surface area contributed by atoms with Gasteiger partial charge in [0.1, 0.15) is 0 Å². The van der Waals surface area contributed by atoms with E-state index >= 15 is 0 Å². The summed E-state index contributed by atoms with van der Waals surface area (Å²) in [5, 5.41) is 8.82. The van der Waals surface area contributed by atoms with Crippen LogP contribution in [0.1, 0.15) is 29.8 Å². The van der Waals surface area contributed by atoms with Crippen LogP contribution in [0.25, 0.3) is 0 Å². The number of sulfonamides is 1. The molecule has 2 N–H and O–H groups in total. The summed E-state index contributed by atoms with van der Waals surface area (Å²) in [5.74, 6) is -1.35. The molecule has 0 bridgehead atoms. The number of hydrogen-bond acceptors (Lipinski definition) is 6. The zero-order valence-corrected chi connectivity index (χ0v) is 12.1. The van der Waals surface area contributed by atoms with Crippen molar-refractivity contribution in [2.24, 2.45) is 0 Å². The number of aromatic nitrogens is 1. The van der Waals surface area contributed by atoms with E-state index in [-0.39, 0.29) is 10.8 Å². The fraction of sp³-hybridized carbons (Fsp3) is 0.600. The molecule has 1 heterocycles. The van der Waals surface area contributed by atoms with Crippen molar-refractivity contribution in [1.29, 1.82) is 0 Å². The third kappa shape index (κ3) is 4.86. The first kappa shape index (κ1) is 16.0. The molecule has 0 radical (unpaired) electrons. The predicted molar refractivity (Wildman–Crippen MR) is 70.0 cm³/mol. The highest BCUT2D eigenvalue weighted by Crippen LogP contribution is 2.19. The van der Waals surface area contributed by atoms with Gasteiger partial charge in [0.15, 0.2) is 9.90 Å². The molecular weight excluding hydrogens is 292 g/mol. The van der Waals surface area contributed by atoms with Crippen LogP contribution in [0, 0.1) is 0 Å². The maximum atomic E-state index is 11.9. The number of methoxy groups -OCH3 is 1. The van der Waals surface area contributed by atoms with Gasteiger partial charge in [-0.2, -0.15) is 0 Å². The molecule has 0 atom stereocenters. The molecule has 108 valence electrons. The van der Waals surface area contributed by atoms with Gasteiger partial charge in [-0.05, 0) is 19.3 Å². The number of carboxylic acids is 1. The number of thiazole rings is 1. The minimum absolute atomic E-state index is 0.253. The van der Waals surface area contributed by atoms with E-state index in [1.165, 1.54) is 5.51 Å². The Balaban J connectivity index is 2.52. The number of ether oxygens (including phenoxy) is 1. The summed E-state index contributed by atoms with van der Waals surface area (Å²) in [7, 11) is -2.18. The van der Waals surface area contributed by atoms with E-state index in [0.717, 1.165) is 24.2 Å². The van der Waals surface area contributed by atoms with E-state index in [2.05, 4.69) is 9.71 Å². The number of rotatable bonds is 9. The van der Waals surface area contributed by atoms with Gasteiger partial charge in [0, 0.05) is 20.3 Å². The van der Waals surface area contributed by atoms with Gasteiger partial charge in [-0.25, -0.2) is 22.9 Å². The number of hydrogen-bond donors (Lipinski definition) is 2. The van der Waals surface area contributed by atoms with Crippen molar-refractivity contribution in [3.05, 3.63) is 11.2 Å². The fourth-order valence-corrected chi connectivity index (χ4v) is 3.65. The molecule has 7 nitrogen and oxygen atoms in total. The summed E-state index contributed by atoms with van der Waals surface area (Å²) in [4.78, 5) is 14.3. The standard InChI is InChI=1S/C10H16N2O5S2/c1-17-6-4-2-3-5-12-19(15,16)10-8(9(13)14)11-7-18-10/h7,12H,2-6H2,1H3,(H,13,14). The Labute approximate surface area is 115 Å². The van der Waals surface area contributed by atoms with Crippen LogP contribution in [0.5, 0.6) is 0 Å². The van der Waals surface area contributed by atoms with Crippen molar-refractivity contribution >= 4 is 27.3 Å². The van der Waals surface area contributed by atoms with E-state index in [1.807, 2.05) is 0 Å². The molecule has 0 spiro atoms. The molecular formula is C10H16N2O5S2. The minimum atomic E-state index is -3.79. The molecule has 1 aromatic heterocycles. The monoisotopic (exact) mass is 308 g/mol. The second-order valence-electron chi connectivity index (χ2n) is 3.74. The molecule has 0 aliphatic carbocycles. The number of unbranched alkanes of at least 4 members (excludes halogenated alkanes) is 2. The Bertz CT molecular complexity index is 512. The molecule has 0 saturated heterocycles.